The lowest BCUT2D eigenvalue weighted by Gasteiger charge is -2.28. The fourth-order valence-electron chi connectivity index (χ4n) is 2.24. The van der Waals surface area contributed by atoms with Crippen molar-refractivity contribution < 1.29 is 9.53 Å². The monoisotopic (exact) mass is 286 g/mol. The van der Waals surface area contributed by atoms with Crippen LogP contribution in [0.5, 0.6) is 0 Å². The van der Waals surface area contributed by atoms with Gasteiger partial charge in [0.05, 0.1) is 6.61 Å². The summed E-state index contributed by atoms with van der Waals surface area (Å²) in [4.78, 5) is 27.9. The third-order valence-corrected chi connectivity index (χ3v) is 3.21. The van der Waals surface area contributed by atoms with Crippen LogP contribution in [0.2, 0.25) is 0 Å². The van der Waals surface area contributed by atoms with Gasteiger partial charge in [0.25, 0.3) is 5.56 Å². The van der Waals surface area contributed by atoms with Gasteiger partial charge >= 0.3 is 5.97 Å². The average Bonchev–Trinajstić information content (AvgIpc) is 2.48. The molecule has 1 aliphatic rings. The van der Waals surface area contributed by atoms with Gasteiger partial charge < -0.3 is 10.1 Å². The number of anilines is 1. The molecule has 0 bridgehead atoms. The van der Waals surface area contributed by atoms with Crippen LogP contribution < -0.4 is 10.9 Å². The molecule has 0 amide bonds. The normalized spacial score (nSPS) is 15.6. The molecule has 0 saturated heterocycles. The molecule has 0 saturated carbocycles. The third-order valence-electron chi connectivity index (χ3n) is 3.21. The van der Waals surface area contributed by atoms with Crippen LogP contribution in [0.25, 0.3) is 11.4 Å². The summed E-state index contributed by atoms with van der Waals surface area (Å²) in [7, 11) is 0. The zero-order chi connectivity index (χ0) is 15.0. The minimum atomic E-state index is -0.832. The first kappa shape index (κ1) is 13.3. The number of nitrogens with one attached hydrogen (secondary N) is 1. The van der Waals surface area contributed by atoms with Crippen LogP contribution in [0.1, 0.15) is 18.8 Å². The molecule has 108 valence electrons. The Hall–Kier alpha value is -2.70. The van der Waals surface area contributed by atoms with E-state index < -0.39 is 17.7 Å². The average molecular weight is 286 g/mol. The Kier molecular flexibility index (Phi) is 3.17. The second kappa shape index (κ2) is 5.01. The molecule has 0 unspecified atom stereocenters. The number of nitrogens with zero attached hydrogens (tertiary/aromatic N) is 3. The van der Waals surface area contributed by atoms with Gasteiger partial charge in [0.2, 0.25) is 6.17 Å². The third kappa shape index (κ3) is 2.16. The molecule has 2 aromatic rings. The summed E-state index contributed by atoms with van der Waals surface area (Å²) < 4.78 is 6.46. The fraction of sp³-hybridized carbons (Fsp3) is 0.286. The van der Waals surface area contributed by atoms with E-state index in [9.17, 15) is 9.59 Å². The standard InChI is InChI=1S/C14H14N4O3/c1-3-21-14(20)12-15-10-7-5-4-6-9(10)11-16-13(19)8(2)17-18(11)12/h4-7,12,15H,3H2,1-2H3/t12-/m1/s1. The highest BCUT2D eigenvalue weighted by Crippen LogP contribution is 2.33. The molecule has 0 radical (unpaired) electrons. The van der Waals surface area contributed by atoms with Gasteiger partial charge in [0.15, 0.2) is 5.82 Å². The predicted octanol–water partition coefficient (Wildman–Crippen LogP) is 1.10. The minimum absolute atomic E-state index is 0.231. The number of fused-ring (bicyclic) bond motifs is 3. The molecule has 21 heavy (non-hydrogen) atoms. The van der Waals surface area contributed by atoms with E-state index in [0.717, 1.165) is 5.56 Å². The number of aromatic nitrogens is 3. The summed E-state index contributed by atoms with van der Waals surface area (Å²) in [5.74, 6) is -0.108. The van der Waals surface area contributed by atoms with Crippen LogP contribution >= 0.6 is 0 Å². The van der Waals surface area contributed by atoms with Gasteiger partial charge in [-0.05, 0) is 26.0 Å². The summed E-state index contributed by atoms with van der Waals surface area (Å²) in [6, 6.07) is 7.31. The molecule has 7 heteroatoms. The summed E-state index contributed by atoms with van der Waals surface area (Å²) in [6.07, 6.45) is -0.832. The molecule has 3 rings (SSSR count). The molecule has 0 spiro atoms. The van der Waals surface area contributed by atoms with Crippen molar-refractivity contribution in [2.75, 3.05) is 11.9 Å². The topological polar surface area (TPSA) is 86.1 Å². The number of rotatable bonds is 2. The van der Waals surface area contributed by atoms with Crippen LogP contribution in [0.15, 0.2) is 29.1 Å². The highest BCUT2D eigenvalue weighted by Gasteiger charge is 2.31. The van der Waals surface area contributed by atoms with Gasteiger partial charge in [0.1, 0.15) is 5.69 Å². The van der Waals surface area contributed by atoms with E-state index in [1.807, 2.05) is 24.3 Å². The van der Waals surface area contributed by atoms with Gasteiger partial charge in [-0.1, -0.05) is 12.1 Å². The summed E-state index contributed by atoms with van der Waals surface area (Å²) >= 11 is 0. The van der Waals surface area contributed by atoms with Crippen molar-refractivity contribution in [3.63, 3.8) is 0 Å². The zero-order valence-electron chi connectivity index (χ0n) is 11.7. The van der Waals surface area contributed by atoms with Gasteiger partial charge in [-0.3, -0.25) is 4.79 Å². The van der Waals surface area contributed by atoms with Gasteiger partial charge in [-0.25, -0.2) is 9.48 Å². The van der Waals surface area contributed by atoms with Crippen LogP contribution in [0.3, 0.4) is 0 Å². The molecule has 1 aromatic carbocycles. The Labute approximate surface area is 120 Å². The molecule has 1 aliphatic heterocycles. The maximum atomic E-state index is 12.1. The van der Waals surface area contributed by atoms with Gasteiger partial charge in [-0.2, -0.15) is 10.1 Å². The number of para-hydroxylation sites is 1. The van der Waals surface area contributed by atoms with E-state index in [1.54, 1.807) is 13.8 Å². The first-order chi connectivity index (χ1) is 10.1. The van der Waals surface area contributed by atoms with Crippen LogP contribution in [0, 0.1) is 6.92 Å². The smallest absolute Gasteiger partial charge is 0.351 e. The molecule has 1 atom stereocenters. The quantitative estimate of drug-likeness (QED) is 0.832. The van der Waals surface area contributed by atoms with Crippen molar-refractivity contribution in [1.29, 1.82) is 0 Å². The molecule has 7 nitrogen and oxygen atoms in total. The number of carbonyl (C=O) groups is 1. The summed E-state index contributed by atoms with van der Waals surface area (Å²) in [6.45, 7) is 3.56. The SMILES string of the molecule is CCOC(=O)[C@@H]1Nc2ccccc2-c2nc(=O)c(C)nn21. The highest BCUT2D eigenvalue weighted by molar-refractivity contribution is 5.84. The minimum Gasteiger partial charge on any atom is -0.463 e. The Bertz CT molecular complexity index is 769. The molecule has 1 aromatic heterocycles. The van der Waals surface area contributed by atoms with Crippen LogP contribution in [-0.4, -0.2) is 27.3 Å². The van der Waals surface area contributed by atoms with E-state index >= 15 is 0 Å². The lowest BCUT2D eigenvalue weighted by molar-refractivity contribution is -0.146. The van der Waals surface area contributed by atoms with E-state index in [1.165, 1.54) is 4.68 Å². The molecule has 1 N–H and O–H groups in total. The van der Waals surface area contributed by atoms with E-state index in [4.69, 9.17) is 4.74 Å². The number of hydrogen-bond donors (Lipinski definition) is 1. The number of aryl methyl sites for hydroxylation is 1. The summed E-state index contributed by atoms with van der Waals surface area (Å²) in [5.41, 5.74) is 1.27. The predicted molar refractivity (Wildman–Crippen MR) is 75.8 cm³/mol. The Balaban J connectivity index is 2.21. The largest absolute Gasteiger partial charge is 0.463 e. The maximum Gasteiger partial charge on any atom is 0.351 e. The van der Waals surface area contributed by atoms with Crippen molar-refractivity contribution in [3.05, 3.63) is 40.3 Å². The van der Waals surface area contributed by atoms with Crippen molar-refractivity contribution in [2.24, 2.45) is 0 Å². The van der Waals surface area contributed by atoms with Crippen LogP contribution in [0.4, 0.5) is 5.69 Å². The van der Waals surface area contributed by atoms with Crippen molar-refractivity contribution in [3.8, 4) is 11.4 Å². The molecule has 2 heterocycles. The Morgan fingerprint density at radius 1 is 1.43 bits per heavy atom. The van der Waals surface area contributed by atoms with Crippen LogP contribution in [-0.2, 0) is 9.53 Å². The highest BCUT2D eigenvalue weighted by atomic mass is 16.5. The number of benzene rings is 1. The van der Waals surface area contributed by atoms with Gasteiger partial charge in [-0.15, -0.1) is 0 Å². The molecule has 0 aliphatic carbocycles. The van der Waals surface area contributed by atoms with Crippen molar-refractivity contribution in [1.82, 2.24) is 14.8 Å². The zero-order valence-corrected chi connectivity index (χ0v) is 11.7. The first-order valence-corrected chi connectivity index (χ1v) is 6.62. The lowest BCUT2D eigenvalue weighted by Crippen LogP contribution is -2.37. The number of ether oxygens (including phenoxy) is 1. The maximum absolute atomic E-state index is 12.1. The lowest BCUT2D eigenvalue weighted by atomic mass is 10.1. The van der Waals surface area contributed by atoms with E-state index in [0.29, 0.717) is 11.5 Å². The number of carbonyl (C=O) groups excluding carboxylic acids is 1. The second-order valence-corrected chi connectivity index (χ2v) is 4.62. The summed E-state index contributed by atoms with van der Waals surface area (Å²) in [5, 5.41) is 7.24. The number of esters is 1. The first-order valence-electron chi connectivity index (χ1n) is 6.62. The molecular weight excluding hydrogens is 272 g/mol. The molecule has 0 fully saturated rings. The second-order valence-electron chi connectivity index (χ2n) is 4.62. The van der Waals surface area contributed by atoms with Gasteiger partial charge in [0, 0.05) is 11.3 Å². The fourth-order valence-corrected chi connectivity index (χ4v) is 2.24. The van der Waals surface area contributed by atoms with Crippen molar-refractivity contribution >= 4 is 11.7 Å². The Morgan fingerprint density at radius 2 is 2.19 bits per heavy atom. The van der Waals surface area contributed by atoms with E-state index in [2.05, 4.69) is 15.4 Å². The number of hydrogen-bond acceptors (Lipinski definition) is 6. The van der Waals surface area contributed by atoms with E-state index in [-0.39, 0.29) is 12.3 Å². The molecular formula is C14H14N4O3. The van der Waals surface area contributed by atoms with Crippen molar-refractivity contribution in [2.45, 2.75) is 20.0 Å². The Morgan fingerprint density at radius 3 is 2.95 bits per heavy atom.